The Balaban J connectivity index is 2.06. The predicted molar refractivity (Wildman–Crippen MR) is 81.9 cm³/mol. The Labute approximate surface area is 134 Å². The highest BCUT2D eigenvalue weighted by Gasteiger charge is 2.28. The van der Waals surface area contributed by atoms with Crippen LogP contribution in [0, 0.1) is 11.6 Å². The van der Waals surface area contributed by atoms with Crippen molar-refractivity contribution in [2.45, 2.75) is 25.2 Å². The molecule has 0 aliphatic heterocycles. The van der Waals surface area contributed by atoms with E-state index in [0.29, 0.717) is 5.69 Å². The van der Waals surface area contributed by atoms with Gasteiger partial charge in [-0.3, -0.25) is 4.79 Å². The van der Waals surface area contributed by atoms with Gasteiger partial charge in [-0.2, -0.15) is 5.10 Å². The molecule has 0 saturated heterocycles. The van der Waals surface area contributed by atoms with E-state index in [9.17, 15) is 13.6 Å². The number of alkyl halides is 1. The molecule has 2 aromatic rings. The van der Waals surface area contributed by atoms with Gasteiger partial charge in [0.1, 0.15) is 11.6 Å². The molecule has 1 aliphatic rings. The molecule has 1 aromatic heterocycles. The van der Waals surface area contributed by atoms with Crippen molar-refractivity contribution in [2.24, 2.45) is 0 Å². The van der Waals surface area contributed by atoms with Gasteiger partial charge in [-0.15, -0.1) is 5.10 Å². The summed E-state index contributed by atoms with van der Waals surface area (Å²) in [6, 6.07) is 5.34. The average Bonchev–Trinajstić information content (AvgIpc) is 2.53. The second-order valence-electron chi connectivity index (χ2n) is 5.28. The number of carbonyl (C=O) groups is 1. The fourth-order valence-corrected chi connectivity index (χ4v) is 3.23. The molecule has 0 spiro atoms. The van der Waals surface area contributed by atoms with Crippen LogP contribution in [0.15, 0.2) is 24.3 Å². The van der Waals surface area contributed by atoms with Crippen LogP contribution >= 0.6 is 15.9 Å². The van der Waals surface area contributed by atoms with Gasteiger partial charge in [-0.05, 0) is 43.0 Å². The number of fused-ring (bicyclic) bond motifs is 1. The smallest absolute Gasteiger partial charge is 0.152 e. The largest absolute Gasteiger partial charge is 0.298 e. The molecule has 22 heavy (non-hydrogen) atoms. The van der Waals surface area contributed by atoms with Gasteiger partial charge in [0, 0.05) is 0 Å². The van der Waals surface area contributed by atoms with Gasteiger partial charge in [0.05, 0.1) is 28.2 Å². The minimum absolute atomic E-state index is 0.0556. The second-order valence-corrected chi connectivity index (χ2v) is 5.84. The highest BCUT2D eigenvalue weighted by molar-refractivity contribution is 9.09. The summed E-state index contributed by atoms with van der Waals surface area (Å²) in [6.45, 7) is 0. The zero-order chi connectivity index (χ0) is 15.7. The van der Waals surface area contributed by atoms with Gasteiger partial charge in [-0.1, -0.05) is 22.0 Å². The molecule has 6 heteroatoms. The van der Waals surface area contributed by atoms with Crippen LogP contribution in [-0.4, -0.2) is 21.3 Å². The Kier molecular flexibility index (Phi) is 4.29. The molecule has 1 aromatic carbocycles. The van der Waals surface area contributed by atoms with Crippen molar-refractivity contribution in [2.75, 3.05) is 5.33 Å². The predicted octanol–water partition coefficient (Wildman–Crippen LogP) is 3.81. The fraction of sp³-hybridized carbons (Fsp3) is 0.312. The summed E-state index contributed by atoms with van der Waals surface area (Å²) in [7, 11) is 0. The SMILES string of the molecule is O=C(CBr)C1CCCc2cc(-c3c(F)cccc3F)nnc21. The lowest BCUT2D eigenvalue weighted by Crippen LogP contribution is -2.21. The van der Waals surface area contributed by atoms with Gasteiger partial charge < -0.3 is 0 Å². The molecule has 1 atom stereocenters. The van der Waals surface area contributed by atoms with E-state index >= 15 is 0 Å². The number of hydrogen-bond donors (Lipinski definition) is 0. The lowest BCUT2D eigenvalue weighted by Gasteiger charge is -2.22. The van der Waals surface area contributed by atoms with Crippen LogP contribution in [0.3, 0.4) is 0 Å². The molecule has 114 valence electrons. The molecule has 0 N–H and O–H groups in total. The van der Waals surface area contributed by atoms with Crippen molar-refractivity contribution < 1.29 is 13.6 Å². The molecule has 1 unspecified atom stereocenters. The minimum atomic E-state index is -0.668. The number of Topliss-reactive ketones (excluding diaryl/α,β-unsaturated/α-hetero) is 1. The van der Waals surface area contributed by atoms with Crippen LogP contribution in [0.5, 0.6) is 0 Å². The lowest BCUT2D eigenvalue weighted by atomic mass is 9.84. The third kappa shape index (κ3) is 2.67. The van der Waals surface area contributed by atoms with Gasteiger partial charge >= 0.3 is 0 Å². The van der Waals surface area contributed by atoms with Crippen molar-refractivity contribution in [3.05, 3.63) is 47.2 Å². The number of rotatable bonds is 3. The van der Waals surface area contributed by atoms with E-state index in [1.54, 1.807) is 6.07 Å². The summed E-state index contributed by atoms with van der Waals surface area (Å²) in [6.07, 6.45) is 2.32. The van der Waals surface area contributed by atoms with Gasteiger partial charge in [-0.25, -0.2) is 8.78 Å². The summed E-state index contributed by atoms with van der Waals surface area (Å²) >= 11 is 3.18. The van der Waals surface area contributed by atoms with Gasteiger partial charge in [0.2, 0.25) is 0 Å². The Morgan fingerprint density at radius 1 is 1.27 bits per heavy atom. The summed E-state index contributed by atoms with van der Waals surface area (Å²) in [4.78, 5) is 12.0. The molecule has 3 rings (SSSR count). The van der Waals surface area contributed by atoms with Gasteiger partial charge in [0.15, 0.2) is 5.78 Å². The van der Waals surface area contributed by atoms with E-state index in [1.807, 2.05) is 0 Å². The number of ketones is 1. The number of benzene rings is 1. The molecular weight excluding hydrogens is 354 g/mol. The van der Waals surface area contributed by atoms with Crippen LogP contribution in [0.25, 0.3) is 11.3 Å². The highest BCUT2D eigenvalue weighted by Crippen LogP contribution is 2.33. The van der Waals surface area contributed by atoms with E-state index in [4.69, 9.17) is 0 Å². The number of aryl methyl sites for hydroxylation is 1. The Morgan fingerprint density at radius 3 is 2.68 bits per heavy atom. The lowest BCUT2D eigenvalue weighted by molar-refractivity contribution is -0.118. The highest BCUT2D eigenvalue weighted by atomic mass is 79.9. The second kappa shape index (κ2) is 6.20. The average molecular weight is 367 g/mol. The molecular formula is C16H13BrF2N2O. The van der Waals surface area contributed by atoms with Crippen LogP contribution in [-0.2, 0) is 11.2 Å². The maximum atomic E-state index is 13.9. The van der Waals surface area contributed by atoms with Crippen LogP contribution in [0.1, 0.15) is 30.0 Å². The molecule has 3 nitrogen and oxygen atoms in total. The quantitative estimate of drug-likeness (QED) is 0.775. The normalized spacial score (nSPS) is 17.1. The monoisotopic (exact) mass is 366 g/mol. The maximum absolute atomic E-state index is 13.9. The molecule has 0 bridgehead atoms. The molecule has 1 heterocycles. The Bertz CT molecular complexity index is 716. The van der Waals surface area contributed by atoms with Crippen molar-refractivity contribution >= 4 is 21.7 Å². The standard InChI is InChI=1S/C16H13BrF2N2O/c17-8-14(22)10-4-1-3-9-7-13(20-21-16(9)10)15-11(18)5-2-6-12(15)19/h2,5-7,10H,1,3-4,8H2. The summed E-state index contributed by atoms with van der Waals surface area (Å²) < 4.78 is 27.7. The first-order chi connectivity index (χ1) is 10.6. The van der Waals surface area contributed by atoms with E-state index in [-0.39, 0.29) is 28.3 Å². The first-order valence-electron chi connectivity index (χ1n) is 7.01. The molecule has 0 amide bonds. The van der Waals surface area contributed by atoms with Crippen molar-refractivity contribution in [3.63, 3.8) is 0 Å². The summed E-state index contributed by atoms with van der Waals surface area (Å²) in [5.41, 5.74) is 1.47. The van der Waals surface area contributed by atoms with E-state index in [0.717, 1.165) is 24.8 Å². The Morgan fingerprint density at radius 2 is 2.00 bits per heavy atom. The van der Waals surface area contributed by atoms with E-state index < -0.39 is 11.6 Å². The molecule has 0 saturated carbocycles. The van der Waals surface area contributed by atoms with Crippen LogP contribution in [0.4, 0.5) is 8.78 Å². The zero-order valence-corrected chi connectivity index (χ0v) is 13.2. The number of nitrogens with zero attached hydrogens (tertiary/aromatic N) is 2. The maximum Gasteiger partial charge on any atom is 0.152 e. The van der Waals surface area contributed by atoms with E-state index in [1.165, 1.54) is 18.2 Å². The molecule has 1 aliphatic carbocycles. The third-order valence-corrected chi connectivity index (χ3v) is 4.47. The first kappa shape index (κ1) is 15.2. The number of aromatic nitrogens is 2. The Hall–Kier alpha value is -1.69. The topological polar surface area (TPSA) is 42.9 Å². The van der Waals surface area contributed by atoms with Gasteiger partial charge in [0.25, 0.3) is 0 Å². The van der Waals surface area contributed by atoms with E-state index in [2.05, 4.69) is 26.1 Å². The number of carbonyl (C=O) groups excluding carboxylic acids is 1. The zero-order valence-electron chi connectivity index (χ0n) is 11.7. The van der Waals surface area contributed by atoms with Crippen molar-refractivity contribution in [1.29, 1.82) is 0 Å². The minimum Gasteiger partial charge on any atom is -0.298 e. The van der Waals surface area contributed by atoms with Crippen LogP contribution in [0.2, 0.25) is 0 Å². The third-order valence-electron chi connectivity index (χ3n) is 3.91. The fourth-order valence-electron chi connectivity index (χ4n) is 2.84. The number of halogens is 3. The van der Waals surface area contributed by atoms with Crippen LogP contribution < -0.4 is 0 Å². The van der Waals surface area contributed by atoms with Crippen molar-refractivity contribution in [1.82, 2.24) is 10.2 Å². The van der Waals surface area contributed by atoms with Crippen molar-refractivity contribution in [3.8, 4) is 11.3 Å². The molecule has 0 radical (unpaired) electrons. The summed E-state index contributed by atoms with van der Waals surface area (Å²) in [5.74, 6) is -1.56. The first-order valence-corrected chi connectivity index (χ1v) is 8.13. The summed E-state index contributed by atoms with van der Waals surface area (Å²) in [5, 5.41) is 8.32. The number of hydrogen-bond acceptors (Lipinski definition) is 3. The molecule has 0 fully saturated rings.